The summed E-state index contributed by atoms with van der Waals surface area (Å²) in [5.74, 6) is -1.32. The Hall–Kier alpha value is -3.84. The number of benzene rings is 1. The van der Waals surface area contributed by atoms with Gasteiger partial charge < -0.3 is 14.2 Å². The van der Waals surface area contributed by atoms with Crippen molar-refractivity contribution in [3.63, 3.8) is 0 Å². The fourth-order valence-electron chi connectivity index (χ4n) is 3.46. The number of carbonyl (C=O) groups is 2. The van der Waals surface area contributed by atoms with Gasteiger partial charge in [-0.05, 0) is 57.0 Å². The molecule has 0 aliphatic rings. The lowest BCUT2D eigenvalue weighted by Gasteiger charge is -2.25. The number of amides is 1. The molecule has 7 heteroatoms. The summed E-state index contributed by atoms with van der Waals surface area (Å²) in [5, 5.41) is 18.5. The predicted molar refractivity (Wildman–Crippen MR) is 122 cm³/mol. The number of anilines is 1. The monoisotopic (exact) mass is 432 g/mol. The van der Waals surface area contributed by atoms with Crippen LogP contribution in [0, 0.1) is 36.5 Å². The summed E-state index contributed by atoms with van der Waals surface area (Å²) < 4.78 is 7.46. The first-order valence-corrected chi connectivity index (χ1v) is 10.6. The van der Waals surface area contributed by atoms with Gasteiger partial charge >= 0.3 is 5.97 Å². The number of aryl methyl sites for hydroxylation is 1. The molecule has 0 bridgehead atoms. The molecule has 1 amide bonds. The van der Waals surface area contributed by atoms with Crippen molar-refractivity contribution in [2.45, 2.75) is 53.2 Å². The zero-order valence-electron chi connectivity index (χ0n) is 19.0. The summed E-state index contributed by atoms with van der Waals surface area (Å²) in [4.78, 5) is 27.0. The lowest BCUT2D eigenvalue weighted by Crippen LogP contribution is -2.40. The van der Waals surface area contributed by atoms with Gasteiger partial charge in [-0.1, -0.05) is 25.1 Å². The molecule has 0 N–H and O–H groups in total. The van der Waals surface area contributed by atoms with Crippen molar-refractivity contribution in [3.05, 3.63) is 58.9 Å². The van der Waals surface area contributed by atoms with E-state index >= 15 is 0 Å². The Morgan fingerprint density at radius 1 is 1.22 bits per heavy atom. The van der Waals surface area contributed by atoms with E-state index in [0.717, 1.165) is 29.9 Å². The van der Waals surface area contributed by atoms with E-state index in [1.54, 1.807) is 24.3 Å². The summed E-state index contributed by atoms with van der Waals surface area (Å²) in [6, 6.07) is 14.7. The number of nitrogens with zero attached hydrogens (tertiary/aromatic N) is 4. The fraction of sp³-hybridized carbons (Fsp3) is 0.360. The largest absolute Gasteiger partial charge is 0.448 e. The topological polar surface area (TPSA) is 99.1 Å². The van der Waals surface area contributed by atoms with Crippen LogP contribution in [0.5, 0.6) is 0 Å². The van der Waals surface area contributed by atoms with Crippen molar-refractivity contribution in [2.24, 2.45) is 0 Å². The molecule has 32 heavy (non-hydrogen) atoms. The molecule has 1 heterocycles. The molecule has 1 atom stereocenters. The molecule has 0 fully saturated rings. The van der Waals surface area contributed by atoms with Gasteiger partial charge in [0, 0.05) is 30.2 Å². The van der Waals surface area contributed by atoms with Gasteiger partial charge in [0.05, 0.1) is 12.5 Å². The van der Waals surface area contributed by atoms with E-state index in [1.165, 1.54) is 17.9 Å². The number of hydrogen-bond acceptors (Lipinski definition) is 5. The van der Waals surface area contributed by atoms with E-state index in [9.17, 15) is 14.9 Å². The van der Waals surface area contributed by atoms with E-state index in [1.807, 2.05) is 38.1 Å². The number of para-hydroxylation sites is 1. The van der Waals surface area contributed by atoms with Gasteiger partial charge in [-0.3, -0.25) is 4.79 Å². The first-order valence-electron chi connectivity index (χ1n) is 10.6. The van der Waals surface area contributed by atoms with Crippen molar-refractivity contribution in [1.82, 2.24) is 4.57 Å². The normalized spacial score (nSPS) is 11.9. The molecule has 1 aromatic carbocycles. The third-order valence-corrected chi connectivity index (χ3v) is 5.11. The standard InChI is InChI=1S/C25H28N4O3/c1-5-13-28-18(2)15-21(19(28)3)16-22(17-27)25(31)32-20(4)24(30)29(14-9-12-26)23-10-7-6-8-11-23/h6-8,10-11,15-16,20H,5,9,13-14H2,1-4H3/b22-16+. The van der Waals surface area contributed by atoms with Gasteiger partial charge in [-0.15, -0.1) is 0 Å². The molecule has 0 saturated carbocycles. The van der Waals surface area contributed by atoms with Crippen LogP contribution in [0.2, 0.25) is 0 Å². The van der Waals surface area contributed by atoms with Gasteiger partial charge in [-0.2, -0.15) is 10.5 Å². The highest BCUT2D eigenvalue weighted by Crippen LogP contribution is 2.20. The zero-order chi connectivity index (χ0) is 23.7. The van der Waals surface area contributed by atoms with Crippen molar-refractivity contribution in [3.8, 4) is 12.1 Å². The van der Waals surface area contributed by atoms with Crippen molar-refractivity contribution >= 4 is 23.6 Å². The average molecular weight is 433 g/mol. The van der Waals surface area contributed by atoms with Crippen LogP contribution in [-0.4, -0.2) is 29.1 Å². The van der Waals surface area contributed by atoms with Crippen LogP contribution >= 0.6 is 0 Å². The van der Waals surface area contributed by atoms with Crippen LogP contribution in [-0.2, 0) is 20.9 Å². The van der Waals surface area contributed by atoms with E-state index < -0.39 is 18.0 Å². The highest BCUT2D eigenvalue weighted by Gasteiger charge is 2.26. The number of esters is 1. The molecule has 1 aromatic heterocycles. The second-order valence-corrected chi connectivity index (χ2v) is 7.43. The second-order valence-electron chi connectivity index (χ2n) is 7.43. The number of carbonyl (C=O) groups excluding carboxylic acids is 2. The Morgan fingerprint density at radius 3 is 2.50 bits per heavy atom. The molecule has 0 aliphatic carbocycles. The lowest BCUT2D eigenvalue weighted by atomic mass is 10.1. The number of hydrogen-bond donors (Lipinski definition) is 0. The predicted octanol–water partition coefficient (Wildman–Crippen LogP) is 4.30. The number of aromatic nitrogens is 1. The maximum absolute atomic E-state index is 13.0. The van der Waals surface area contributed by atoms with E-state index in [4.69, 9.17) is 10.00 Å². The molecule has 1 unspecified atom stereocenters. The van der Waals surface area contributed by atoms with Crippen LogP contribution in [0.15, 0.2) is 42.0 Å². The average Bonchev–Trinajstić information content (AvgIpc) is 3.05. The minimum atomic E-state index is -1.12. The quantitative estimate of drug-likeness (QED) is 0.334. The van der Waals surface area contributed by atoms with Gasteiger partial charge in [0.15, 0.2) is 6.10 Å². The first-order chi connectivity index (χ1) is 15.3. The Bertz CT molecular complexity index is 1070. The molecule has 0 spiro atoms. The lowest BCUT2D eigenvalue weighted by molar-refractivity contribution is -0.149. The van der Waals surface area contributed by atoms with Crippen LogP contribution in [0.1, 0.15) is 43.6 Å². The Labute approximate surface area is 189 Å². The molecule has 0 saturated heterocycles. The molecule has 7 nitrogen and oxygen atoms in total. The number of rotatable bonds is 9. The summed E-state index contributed by atoms with van der Waals surface area (Å²) >= 11 is 0. The summed E-state index contributed by atoms with van der Waals surface area (Å²) in [6.45, 7) is 8.48. The minimum Gasteiger partial charge on any atom is -0.448 e. The van der Waals surface area contributed by atoms with Crippen LogP contribution in [0.25, 0.3) is 6.08 Å². The molecule has 2 aromatic rings. The van der Waals surface area contributed by atoms with Crippen molar-refractivity contribution in [2.75, 3.05) is 11.4 Å². The third-order valence-electron chi connectivity index (χ3n) is 5.11. The molecule has 0 radical (unpaired) electrons. The van der Waals surface area contributed by atoms with Crippen molar-refractivity contribution < 1.29 is 14.3 Å². The first kappa shape index (κ1) is 24.4. The van der Waals surface area contributed by atoms with E-state index in [-0.39, 0.29) is 18.5 Å². The maximum Gasteiger partial charge on any atom is 0.349 e. The molecular formula is C25H28N4O3. The molecular weight excluding hydrogens is 404 g/mol. The fourth-order valence-corrected chi connectivity index (χ4v) is 3.46. The highest BCUT2D eigenvalue weighted by molar-refractivity contribution is 6.02. The Balaban J connectivity index is 2.21. The Kier molecular flexibility index (Phi) is 8.80. The van der Waals surface area contributed by atoms with Gasteiger partial charge in [-0.25, -0.2) is 4.79 Å². The SMILES string of the molecule is CCCn1c(C)cc(/C=C(\C#N)C(=O)OC(C)C(=O)N(CCC#N)c2ccccc2)c1C. The highest BCUT2D eigenvalue weighted by atomic mass is 16.5. The van der Waals surface area contributed by atoms with Gasteiger partial charge in [0.2, 0.25) is 0 Å². The van der Waals surface area contributed by atoms with E-state index in [2.05, 4.69) is 11.5 Å². The molecule has 0 aliphatic heterocycles. The third kappa shape index (κ3) is 5.86. The summed E-state index contributed by atoms with van der Waals surface area (Å²) in [7, 11) is 0. The zero-order valence-corrected chi connectivity index (χ0v) is 19.0. The molecule has 166 valence electrons. The van der Waals surface area contributed by atoms with Crippen LogP contribution in [0.3, 0.4) is 0 Å². The Morgan fingerprint density at radius 2 is 1.91 bits per heavy atom. The summed E-state index contributed by atoms with van der Waals surface area (Å²) in [5.41, 5.74) is 3.20. The number of nitriles is 2. The number of ether oxygens (including phenoxy) is 1. The van der Waals surface area contributed by atoms with Crippen LogP contribution < -0.4 is 4.90 Å². The molecule has 2 rings (SSSR count). The van der Waals surface area contributed by atoms with Gasteiger partial charge in [0.25, 0.3) is 5.91 Å². The van der Waals surface area contributed by atoms with Crippen molar-refractivity contribution in [1.29, 1.82) is 10.5 Å². The van der Waals surface area contributed by atoms with Crippen LogP contribution in [0.4, 0.5) is 5.69 Å². The summed E-state index contributed by atoms with van der Waals surface area (Å²) in [6.07, 6.45) is 1.48. The van der Waals surface area contributed by atoms with Gasteiger partial charge in [0.1, 0.15) is 11.6 Å². The maximum atomic E-state index is 13.0. The smallest absolute Gasteiger partial charge is 0.349 e. The minimum absolute atomic E-state index is 0.137. The second kappa shape index (κ2) is 11.5. The van der Waals surface area contributed by atoms with E-state index in [0.29, 0.717) is 5.69 Å².